The maximum Gasteiger partial charge on any atom is 2.00 e. The summed E-state index contributed by atoms with van der Waals surface area (Å²) in [4.78, 5) is 8.87. The molecule has 0 aliphatic heterocycles. The maximum atomic E-state index is 6.42. The quantitative estimate of drug-likeness (QED) is 0.157. The SMILES string of the molecule is Cc1ccnc(-n2c3[c-]c(Oc4[c-]c(-n5nc(C)c(-c6c(C)cc(-c7ccncc7)cc6C)c5C)ccc4)ccc3c3ccccc32)c1.[Pt+2]. The van der Waals surface area contributed by atoms with E-state index in [-0.39, 0.29) is 21.1 Å². The fraction of sp³-hybridized carbons (Fsp3) is 0.119. The van der Waals surface area contributed by atoms with Crippen LogP contribution in [0.15, 0.2) is 110 Å². The number of pyridine rings is 2. The van der Waals surface area contributed by atoms with Gasteiger partial charge in [0.1, 0.15) is 5.82 Å². The third-order valence-corrected chi connectivity index (χ3v) is 8.98. The summed E-state index contributed by atoms with van der Waals surface area (Å²) in [6.45, 7) is 10.6. The van der Waals surface area contributed by atoms with Crippen LogP contribution in [-0.2, 0) is 21.1 Å². The molecule has 7 heteroatoms. The van der Waals surface area contributed by atoms with Crippen molar-refractivity contribution >= 4 is 21.8 Å². The molecule has 49 heavy (non-hydrogen) atoms. The first-order chi connectivity index (χ1) is 23.4. The van der Waals surface area contributed by atoms with Gasteiger partial charge in [0, 0.05) is 46.9 Å². The number of rotatable bonds is 6. The molecule has 0 atom stereocenters. The Morgan fingerprint density at radius 3 is 2.18 bits per heavy atom. The average Bonchev–Trinajstić information content (AvgIpc) is 3.57. The minimum absolute atomic E-state index is 0. The minimum Gasteiger partial charge on any atom is -0.509 e. The first-order valence-electron chi connectivity index (χ1n) is 16.0. The van der Waals surface area contributed by atoms with Crippen molar-refractivity contribution in [2.75, 3.05) is 0 Å². The van der Waals surface area contributed by atoms with Gasteiger partial charge in [-0.2, -0.15) is 17.2 Å². The topological polar surface area (TPSA) is 57.8 Å². The Morgan fingerprint density at radius 2 is 1.41 bits per heavy atom. The van der Waals surface area contributed by atoms with E-state index < -0.39 is 0 Å². The maximum absolute atomic E-state index is 6.42. The van der Waals surface area contributed by atoms with Crippen molar-refractivity contribution in [2.24, 2.45) is 0 Å². The molecule has 0 N–H and O–H groups in total. The number of ether oxygens (including phenoxy) is 1. The molecule has 0 radical (unpaired) electrons. The zero-order chi connectivity index (χ0) is 32.9. The van der Waals surface area contributed by atoms with E-state index in [4.69, 9.17) is 14.8 Å². The number of benzene rings is 4. The third kappa shape index (κ3) is 5.77. The standard InChI is InChI=1S/C42H33N5O.Pt/c1-26-15-20-44-40(21-26)46-38-12-7-6-11-36(38)37-14-13-35(25-39(37)46)48-34-10-8-9-33(24-34)47-30(5)42(29(4)45-47)41-27(2)22-32(23-28(41)3)31-16-18-43-19-17-31;/h6-23H,1-5H3;/q-2;+2. The summed E-state index contributed by atoms with van der Waals surface area (Å²) >= 11 is 0. The van der Waals surface area contributed by atoms with Crippen LogP contribution in [0.2, 0.25) is 0 Å². The summed E-state index contributed by atoms with van der Waals surface area (Å²) in [6.07, 6.45) is 5.51. The Bertz CT molecular complexity index is 2470. The molecule has 0 aliphatic carbocycles. The predicted molar refractivity (Wildman–Crippen MR) is 192 cm³/mol. The molecule has 0 fully saturated rings. The number of hydrogen-bond acceptors (Lipinski definition) is 4. The molecule has 4 heterocycles. The predicted octanol–water partition coefficient (Wildman–Crippen LogP) is 10.0. The zero-order valence-electron chi connectivity index (χ0n) is 27.9. The van der Waals surface area contributed by atoms with Gasteiger partial charge in [-0.3, -0.25) is 9.67 Å². The van der Waals surface area contributed by atoms with E-state index in [1.165, 1.54) is 22.3 Å². The molecule has 4 aromatic carbocycles. The van der Waals surface area contributed by atoms with Crippen LogP contribution >= 0.6 is 0 Å². The fourth-order valence-corrected chi connectivity index (χ4v) is 6.86. The summed E-state index contributed by atoms with van der Waals surface area (Å²) in [7, 11) is 0. The molecular weight excluding hydrogens is 786 g/mol. The second-order valence-corrected chi connectivity index (χ2v) is 12.3. The van der Waals surface area contributed by atoms with Crippen LogP contribution in [0, 0.1) is 46.8 Å². The van der Waals surface area contributed by atoms with Crippen molar-refractivity contribution in [1.29, 1.82) is 0 Å². The molecule has 6 nitrogen and oxygen atoms in total. The number of aromatic nitrogens is 5. The number of para-hydroxylation sites is 1. The van der Waals surface area contributed by atoms with Gasteiger partial charge in [-0.1, -0.05) is 35.8 Å². The zero-order valence-corrected chi connectivity index (χ0v) is 30.1. The summed E-state index contributed by atoms with van der Waals surface area (Å²) in [6, 6.07) is 38.0. The van der Waals surface area contributed by atoms with Gasteiger partial charge < -0.3 is 9.30 Å². The Hall–Kier alpha value is -5.32. The molecule has 0 spiro atoms. The summed E-state index contributed by atoms with van der Waals surface area (Å²) in [5.41, 5.74) is 13.0. The molecule has 0 unspecified atom stereocenters. The van der Waals surface area contributed by atoms with Gasteiger partial charge in [0.2, 0.25) is 0 Å². The number of nitrogens with zero attached hydrogens (tertiary/aromatic N) is 5. The summed E-state index contributed by atoms with van der Waals surface area (Å²) in [5, 5.41) is 7.22. The first kappa shape index (κ1) is 32.2. The van der Waals surface area contributed by atoms with Crippen LogP contribution in [0.25, 0.3) is 55.6 Å². The molecule has 8 aromatic rings. The molecule has 0 aliphatic rings. The third-order valence-electron chi connectivity index (χ3n) is 8.98. The molecule has 0 bridgehead atoms. The average molecular weight is 819 g/mol. The van der Waals surface area contributed by atoms with Crippen LogP contribution in [0.4, 0.5) is 0 Å². The molecular formula is C42H33N5OPt. The molecule has 0 saturated carbocycles. The minimum atomic E-state index is 0. The molecule has 8 rings (SSSR count). The van der Waals surface area contributed by atoms with Crippen LogP contribution in [-0.4, -0.2) is 24.3 Å². The van der Waals surface area contributed by atoms with Crippen LogP contribution in [0.5, 0.6) is 11.5 Å². The van der Waals surface area contributed by atoms with Crippen molar-refractivity contribution in [3.63, 3.8) is 0 Å². The van der Waals surface area contributed by atoms with E-state index >= 15 is 0 Å². The summed E-state index contributed by atoms with van der Waals surface area (Å²) < 4.78 is 10.5. The van der Waals surface area contributed by atoms with E-state index in [1.54, 1.807) is 0 Å². The van der Waals surface area contributed by atoms with Crippen LogP contribution in [0.3, 0.4) is 0 Å². The number of aryl methyl sites for hydroxylation is 4. The molecule has 0 saturated heterocycles. The Kier molecular flexibility index (Phi) is 8.52. The second-order valence-electron chi connectivity index (χ2n) is 12.3. The Labute approximate surface area is 300 Å². The second kappa shape index (κ2) is 12.9. The van der Waals surface area contributed by atoms with Gasteiger partial charge >= 0.3 is 21.1 Å². The van der Waals surface area contributed by atoms with E-state index in [0.29, 0.717) is 11.5 Å². The van der Waals surface area contributed by atoms with Gasteiger partial charge in [-0.15, -0.1) is 35.7 Å². The van der Waals surface area contributed by atoms with Gasteiger partial charge in [0.15, 0.2) is 0 Å². The summed E-state index contributed by atoms with van der Waals surface area (Å²) in [5.74, 6) is 2.03. The van der Waals surface area contributed by atoms with Gasteiger partial charge in [-0.25, -0.2) is 4.98 Å². The van der Waals surface area contributed by atoms with Gasteiger partial charge in [0.25, 0.3) is 0 Å². The van der Waals surface area contributed by atoms with Crippen LogP contribution in [0.1, 0.15) is 28.1 Å². The van der Waals surface area contributed by atoms with Gasteiger partial charge in [-0.05, 0) is 109 Å². The fourth-order valence-electron chi connectivity index (χ4n) is 6.86. The Morgan fingerprint density at radius 1 is 0.653 bits per heavy atom. The monoisotopic (exact) mass is 818 g/mol. The van der Waals surface area contributed by atoms with Crippen LogP contribution < -0.4 is 4.74 Å². The Balaban J connectivity index is 0.00000378. The molecule has 242 valence electrons. The van der Waals surface area contributed by atoms with Crippen molar-refractivity contribution in [3.05, 3.63) is 150 Å². The largest absolute Gasteiger partial charge is 2.00 e. The van der Waals surface area contributed by atoms with Crippen molar-refractivity contribution in [2.45, 2.75) is 34.6 Å². The molecule has 0 amide bonds. The number of fused-ring (bicyclic) bond motifs is 3. The smallest absolute Gasteiger partial charge is 0.509 e. The first-order valence-corrected chi connectivity index (χ1v) is 16.0. The van der Waals surface area contributed by atoms with Crippen molar-refractivity contribution in [3.8, 4) is 45.3 Å². The van der Waals surface area contributed by atoms with E-state index in [1.807, 2.05) is 65.7 Å². The van der Waals surface area contributed by atoms with Gasteiger partial charge in [0.05, 0.1) is 5.69 Å². The molecule has 4 aromatic heterocycles. The normalized spacial score (nSPS) is 11.2. The van der Waals surface area contributed by atoms with E-state index in [9.17, 15) is 0 Å². The van der Waals surface area contributed by atoms with Crippen molar-refractivity contribution in [1.82, 2.24) is 24.3 Å². The van der Waals surface area contributed by atoms with Crippen molar-refractivity contribution < 1.29 is 25.8 Å². The number of hydrogen-bond donors (Lipinski definition) is 0. The van der Waals surface area contributed by atoms with E-state index in [0.717, 1.165) is 61.4 Å². The van der Waals surface area contributed by atoms with E-state index in [2.05, 4.69) is 105 Å².